The average molecular weight is 1060 g/mol. The van der Waals surface area contributed by atoms with Crippen molar-refractivity contribution in [1.29, 1.82) is 0 Å². The lowest BCUT2D eigenvalue weighted by Gasteiger charge is -2.42. The lowest BCUT2D eigenvalue weighted by molar-refractivity contribution is -0.303. The second kappa shape index (κ2) is 28.4. The summed E-state index contributed by atoms with van der Waals surface area (Å²) in [6.07, 6.45) is -23.1. The van der Waals surface area contributed by atoms with Gasteiger partial charge in [0.2, 0.25) is 17.7 Å². The lowest BCUT2D eigenvalue weighted by Crippen LogP contribution is -2.59. The first-order valence-electron chi connectivity index (χ1n) is 24.4. The second-order valence-corrected chi connectivity index (χ2v) is 18.7. The zero-order chi connectivity index (χ0) is 53.6. The fourth-order valence-electron chi connectivity index (χ4n) is 9.09. The van der Waals surface area contributed by atoms with Crippen molar-refractivity contribution in [3.05, 3.63) is 0 Å². The smallest absolute Gasteiger partial charge is 0.333 e. The molecule has 29 heteroatoms. The molecule has 5 aliphatic rings. The molecule has 5 rings (SSSR count). The van der Waals surface area contributed by atoms with Gasteiger partial charge < -0.3 is 110 Å². The van der Waals surface area contributed by atoms with E-state index in [1.54, 1.807) is 4.90 Å². The summed E-state index contributed by atoms with van der Waals surface area (Å²) in [5, 5.41) is 124. The van der Waals surface area contributed by atoms with Gasteiger partial charge in [-0.15, -0.1) is 5.06 Å². The van der Waals surface area contributed by atoms with E-state index in [0.29, 0.717) is 5.06 Å². The Morgan fingerprint density at radius 2 is 1.04 bits per heavy atom. The molecule has 0 spiro atoms. The summed E-state index contributed by atoms with van der Waals surface area (Å²) in [6.45, 7) is -3.27. The number of carbonyl (C=O) groups is 6. The van der Waals surface area contributed by atoms with Crippen LogP contribution in [0.5, 0.6) is 0 Å². The fourth-order valence-corrected chi connectivity index (χ4v) is 9.09. The zero-order valence-corrected chi connectivity index (χ0v) is 40.2. The summed E-state index contributed by atoms with van der Waals surface area (Å²) >= 11 is 0. The average Bonchev–Trinajstić information content (AvgIpc) is 3.69. The fraction of sp³-hybridized carbons (Fsp3) is 0.864. The standard InChI is InChI=1S/C44H72N4O25/c49-20-23-32(58)35(61)38(64)41(70-23)67-16-11-45-26(52)19-44(9-12-46(13-10-44)27(53)3-1-2-4-31(57)73-48-29(55)5-6-30(48)56)8-7-28(54)47(14-17-68-42-39(65)36(62)33(59)24(21-50)71-42)15-18-69-43-40(66)37(63)34(60)25(22-51)72-43/h23-25,32-43,49-51,58-66H,1-22H2,(H,45,52)/t23-,24-,25-,32-,33-,34-,35+,36+,37+,38-,39+,40+,41-,42+,43+/m1/s1. The topological polar surface area (TPSA) is 432 Å². The van der Waals surface area contributed by atoms with Crippen LogP contribution in [0.1, 0.15) is 70.6 Å². The number of hydroxylamine groups is 2. The Morgan fingerprint density at radius 1 is 0.603 bits per heavy atom. The van der Waals surface area contributed by atoms with Crippen LogP contribution in [0.2, 0.25) is 0 Å². The van der Waals surface area contributed by atoms with E-state index in [1.807, 2.05) is 0 Å². The molecule has 0 bridgehead atoms. The van der Waals surface area contributed by atoms with Crippen molar-refractivity contribution >= 4 is 35.5 Å². The number of hydrogen-bond donors (Lipinski definition) is 13. The first-order chi connectivity index (χ1) is 34.7. The van der Waals surface area contributed by atoms with Gasteiger partial charge in [0.05, 0.1) is 39.6 Å². The number of aliphatic hydroxyl groups is 12. The van der Waals surface area contributed by atoms with Gasteiger partial charge in [-0.2, -0.15) is 0 Å². The highest BCUT2D eigenvalue weighted by Gasteiger charge is 2.47. The number of rotatable bonds is 26. The number of unbranched alkanes of at least 4 members (excludes halogenated alkanes) is 1. The van der Waals surface area contributed by atoms with E-state index in [2.05, 4.69) is 5.32 Å². The number of aliphatic hydroxyl groups excluding tert-OH is 12. The molecule has 0 aromatic heterocycles. The van der Waals surface area contributed by atoms with Gasteiger partial charge in [0.1, 0.15) is 73.2 Å². The summed E-state index contributed by atoms with van der Waals surface area (Å²) in [6, 6.07) is 0. The van der Waals surface area contributed by atoms with E-state index in [0.717, 1.165) is 0 Å². The van der Waals surface area contributed by atoms with Crippen LogP contribution in [0.4, 0.5) is 0 Å². The molecule has 0 aliphatic carbocycles. The van der Waals surface area contributed by atoms with Gasteiger partial charge in [0.15, 0.2) is 18.9 Å². The first kappa shape index (κ1) is 60.2. The third-order valence-corrected chi connectivity index (χ3v) is 13.7. The second-order valence-electron chi connectivity index (χ2n) is 18.7. The Balaban J connectivity index is 1.22. The summed E-state index contributed by atoms with van der Waals surface area (Å²) in [5.41, 5.74) is -0.895. The van der Waals surface area contributed by atoms with Gasteiger partial charge in [-0.3, -0.25) is 24.0 Å². The molecular weight excluding hydrogens is 984 g/mol. The molecule has 73 heavy (non-hydrogen) atoms. The van der Waals surface area contributed by atoms with Crippen molar-refractivity contribution in [2.75, 3.05) is 72.4 Å². The number of amides is 5. The highest BCUT2D eigenvalue weighted by molar-refractivity contribution is 6.01. The van der Waals surface area contributed by atoms with Crippen LogP contribution in [-0.2, 0) is 62.0 Å². The Morgan fingerprint density at radius 3 is 1.49 bits per heavy atom. The van der Waals surface area contributed by atoms with Gasteiger partial charge >= 0.3 is 5.97 Å². The van der Waals surface area contributed by atoms with E-state index >= 15 is 0 Å². The van der Waals surface area contributed by atoms with Crippen LogP contribution in [0.3, 0.4) is 0 Å². The maximum Gasteiger partial charge on any atom is 0.333 e. The monoisotopic (exact) mass is 1060 g/mol. The Kier molecular flexibility index (Phi) is 23.4. The van der Waals surface area contributed by atoms with Gasteiger partial charge in [-0.1, -0.05) is 0 Å². The minimum absolute atomic E-state index is 0.0423. The van der Waals surface area contributed by atoms with Crippen LogP contribution in [0.15, 0.2) is 0 Å². The molecule has 418 valence electrons. The lowest BCUT2D eigenvalue weighted by atomic mass is 9.72. The van der Waals surface area contributed by atoms with Crippen LogP contribution >= 0.6 is 0 Å². The van der Waals surface area contributed by atoms with Crippen LogP contribution in [0.25, 0.3) is 0 Å². The maximum absolute atomic E-state index is 14.2. The molecule has 5 heterocycles. The molecule has 15 atom stereocenters. The number of hydrogen-bond acceptors (Lipinski definition) is 25. The third kappa shape index (κ3) is 16.2. The molecule has 5 saturated heterocycles. The normalized spacial score (nSPS) is 33.7. The van der Waals surface area contributed by atoms with Gasteiger partial charge in [-0.25, -0.2) is 4.79 Å². The van der Waals surface area contributed by atoms with Crippen molar-refractivity contribution < 1.29 is 123 Å². The number of imide groups is 1. The Bertz CT molecular complexity index is 1750. The summed E-state index contributed by atoms with van der Waals surface area (Å²) in [7, 11) is 0. The number of ether oxygens (including phenoxy) is 6. The minimum Gasteiger partial charge on any atom is -0.394 e. The predicted octanol–water partition coefficient (Wildman–Crippen LogP) is -7.67. The van der Waals surface area contributed by atoms with Gasteiger partial charge in [0.25, 0.3) is 11.8 Å². The summed E-state index contributed by atoms with van der Waals surface area (Å²) in [4.78, 5) is 84.7. The number of piperidine rings is 1. The van der Waals surface area contributed by atoms with Crippen LogP contribution in [-0.4, -0.2) is 276 Å². The van der Waals surface area contributed by atoms with Gasteiger partial charge in [-0.05, 0) is 37.5 Å². The third-order valence-electron chi connectivity index (χ3n) is 13.7. The van der Waals surface area contributed by atoms with Crippen molar-refractivity contribution in [2.45, 2.75) is 163 Å². The minimum atomic E-state index is -1.75. The molecule has 0 aromatic carbocycles. The SMILES string of the molecule is O=C(CC1(CCC(=O)N(CCO[C@H]2O[C@H](CO)[C@@H](O)[C@H](O)[C@@H]2O)CCO[C@H]2O[C@H](CO)[C@@H](O)[C@H](O)[C@@H]2O)CCN(C(=O)CCCCC(=O)ON2C(=O)CCC2=O)CC1)NCCO[C@@H]1O[C@H](CO)[C@@H](O)[C@H](O)[C@H]1O. The van der Waals surface area contributed by atoms with E-state index in [9.17, 15) is 90.0 Å². The molecule has 5 aliphatic heterocycles. The van der Waals surface area contributed by atoms with E-state index < -0.39 is 147 Å². The first-order valence-corrected chi connectivity index (χ1v) is 24.4. The molecular formula is C44H72N4O25. The van der Waals surface area contributed by atoms with Crippen molar-refractivity contribution in [1.82, 2.24) is 20.2 Å². The van der Waals surface area contributed by atoms with Crippen molar-refractivity contribution in [3.63, 3.8) is 0 Å². The molecule has 0 saturated carbocycles. The van der Waals surface area contributed by atoms with Crippen LogP contribution in [0, 0.1) is 5.41 Å². The maximum atomic E-state index is 14.2. The van der Waals surface area contributed by atoms with Gasteiger partial charge in [0, 0.05) is 71.2 Å². The molecule has 0 unspecified atom stereocenters. The number of nitrogens with one attached hydrogen (secondary N) is 1. The van der Waals surface area contributed by atoms with E-state index in [-0.39, 0.29) is 129 Å². The highest BCUT2D eigenvalue weighted by Crippen LogP contribution is 2.40. The predicted molar refractivity (Wildman–Crippen MR) is 236 cm³/mol. The van der Waals surface area contributed by atoms with Crippen molar-refractivity contribution in [3.8, 4) is 0 Å². The number of nitrogens with zero attached hydrogens (tertiary/aromatic N) is 3. The zero-order valence-electron chi connectivity index (χ0n) is 40.2. The van der Waals surface area contributed by atoms with Crippen molar-refractivity contribution in [2.24, 2.45) is 5.41 Å². The quantitative estimate of drug-likeness (QED) is 0.0283. The number of likely N-dealkylation sites (tertiary alicyclic amines) is 1. The molecule has 0 radical (unpaired) electrons. The Labute approximate surface area is 418 Å². The molecule has 5 fully saturated rings. The molecule has 13 N–H and O–H groups in total. The van der Waals surface area contributed by atoms with Crippen LogP contribution < -0.4 is 5.32 Å². The molecule has 29 nitrogen and oxygen atoms in total. The van der Waals surface area contributed by atoms with E-state index in [4.69, 9.17) is 33.3 Å². The molecule has 5 amide bonds. The number of carbonyl (C=O) groups excluding carboxylic acids is 6. The summed E-state index contributed by atoms with van der Waals surface area (Å²) < 4.78 is 32.9. The largest absolute Gasteiger partial charge is 0.394 e. The van der Waals surface area contributed by atoms with E-state index in [1.165, 1.54) is 4.90 Å². The highest BCUT2D eigenvalue weighted by atomic mass is 16.7. The molecule has 0 aromatic rings. The Hall–Kier alpha value is -3.70. The summed E-state index contributed by atoms with van der Waals surface area (Å²) in [5.74, 6) is -3.27.